The summed E-state index contributed by atoms with van der Waals surface area (Å²) >= 11 is 0. The van der Waals surface area contributed by atoms with Crippen LogP contribution in [0, 0.1) is 12.8 Å². The first kappa shape index (κ1) is 16.2. The molecule has 0 aliphatic carbocycles. The number of hydrogen-bond donors (Lipinski definition) is 2. The zero-order chi connectivity index (χ0) is 15.1. The summed E-state index contributed by atoms with van der Waals surface area (Å²) in [6, 6.07) is 7.20. The van der Waals surface area contributed by atoms with Crippen LogP contribution in [0.15, 0.2) is 24.3 Å². The summed E-state index contributed by atoms with van der Waals surface area (Å²) in [6.07, 6.45) is 1.39. The fourth-order valence-electron chi connectivity index (χ4n) is 1.97. The largest absolute Gasteiger partial charge is 0.480 e. The van der Waals surface area contributed by atoms with E-state index in [4.69, 9.17) is 5.11 Å². The van der Waals surface area contributed by atoms with E-state index in [2.05, 4.69) is 5.32 Å². The Labute approximate surface area is 120 Å². The topological polar surface area (TPSA) is 66.4 Å². The second kappa shape index (κ2) is 7.68. The van der Waals surface area contributed by atoms with E-state index in [9.17, 15) is 9.59 Å². The van der Waals surface area contributed by atoms with E-state index in [-0.39, 0.29) is 11.8 Å². The third kappa shape index (κ3) is 5.87. The van der Waals surface area contributed by atoms with Gasteiger partial charge < -0.3 is 10.4 Å². The SMILES string of the molecule is Cc1ccc(CCC(=O)N[C@H](CC(C)C)C(=O)O)cc1. The molecule has 1 amide bonds. The second-order valence-electron chi connectivity index (χ2n) is 5.57. The van der Waals surface area contributed by atoms with Crippen LogP contribution < -0.4 is 5.32 Å². The van der Waals surface area contributed by atoms with Crippen molar-refractivity contribution in [2.24, 2.45) is 5.92 Å². The molecule has 0 aromatic heterocycles. The van der Waals surface area contributed by atoms with Crippen LogP contribution in [0.3, 0.4) is 0 Å². The first-order chi connectivity index (χ1) is 9.38. The molecule has 1 aromatic rings. The van der Waals surface area contributed by atoms with Gasteiger partial charge in [0, 0.05) is 6.42 Å². The normalized spacial score (nSPS) is 12.2. The smallest absolute Gasteiger partial charge is 0.326 e. The first-order valence-corrected chi connectivity index (χ1v) is 6.96. The third-order valence-corrected chi connectivity index (χ3v) is 3.10. The number of carbonyl (C=O) groups excluding carboxylic acids is 1. The number of carboxylic acids is 1. The number of nitrogens with one attached hydrogen (secondary N) is 1. The summed E-state index contributed by atoms with van der Waals surface area (Å²) in [5.41, 5.74) is 2.27. The lowest BCUT2D eigenvalue weighted by Gasteiger charge is -2.16. The third-order valence-electron chi connectivity index (χ3n) is 3.10. The molecule has 0 fully saturated rings. The summed E-state index contributed by atoms with van der Waals surface area (Å²) in [5, 5.41) is 11.7. The molecule has 0 bridgehead atoms. The van der Waals surface area contributed by atoms with Gasteiger partial charge in [0.25, 0.3) is 0 Å². The highest BCUT2D eigenvalue weighted by Crippen LogP contribution is 2.08. The van der Waals surface area contributed by atoms with E-state index in [0.717, 1.165) is 5.56 Å². The van der Waals surface area contributed by atoms with E-state index in [1.165, 1.54) is 5.56 Å². The molecule has 0 heterocycles. The molecule has 0 unspecified atom stereocenters. The predicted octanol–water partition coefficient (Wildman–Crippen LogP) is 2.54. The second-order valence-corrected chi connectivity index (χ2v) is 5.57. The number of carboxylic acid groups (broad SMARTS) is 1. The summed E-state index contributed by atoms with van der Waals surface area (Å²) in [5.74, 6) is -0.950. The van der Waals surface area contributed by atoms with Gasteiger partial charge in [-0.25, -0.2) is 4.79 Å². The molecule has 4 heteroatoms. The van der Waals surface area contributed by atoms with Crippen molar-refractivity contribution >= 4 is 11.9 Å². The van der Waals surface area contributed by atoms with Gasteiger partial charge in [0.2, 0.25) is 5.91 Å². The van der Waals surface area contributed by atoms with Crippen molar-refractivity contribution in [2.75, 3.05) is 0 Å². The Morgan fingerprint density at radius 3 is 2.30 bits per heavy atom. The predicted molar refractivity (Wildman–Crippen MR) is 78.5 cm³/mol. The van der Waals surface area contributed by atoms with E-state index in [0.29, 0.717) is 19.3 Å². The van der Waals surface area contributed by atoms with Gasteiger partial charge >= 0.3 is 5.97 Å². The van der Waals surface area contributed by atoms with Crippen molar-refractivity contribution in [2.45, 2.75) is 46.1 Å². The van der Waals surface area contributed by atoms with Crippen LogP contribution in [0.25, 0.3) is 0 Å². The lowest BCUT2D eigenvalue weighted by atomic mass is 10.0. The molecular weight excluding hydrogens is 254 g/mol. The van der Waals surface area contributed by atoms with Gasteiger partial charge in [0.1, 0.15) is 6.04 Å². The van der Waals surface area contributed by atoms with Gasteiger partial charge in [-0.2, -0.15) is 0 Å². The highest BCUT2D eigenvalue weighted by Gasteiger charge is 2.20. The average Bonchev–Trinajstić information content (AvgIpc) is 2.36. The van der Waals surface area contributed by atoms with Gasteiger partial charge in [0.05, 0.1) is 0 Å². The highest BCUT2D eigenvalue weighted by atomic mass is 16.4. The van der Waals surface area contributed by atoms with Crippen molar-refractivity contribution in [3.63, 3.8) is 0 Å². The molecule has 4 nitrogen and oxygen atoms in total. The number of aliphatic carboxylic acids is 1. The van der Waals surface area contributed by atoms with E-state index < -0.39 is 12.0 Å². The molecule has 0 saturated carbocycles. The Balaban J connectivity index is 2.45. The fraction of sp³-hybridized carbons (Fsp3) is 0.500. The van der Waals surface area contributed by atoms with Gasteiger partial charge in [-0.05, 0) is 31.2 Å². The van der Waals surface area contributed by atoms with Crippen LogP contribution in [0.1, 0.15) is 37.8 Å². The average molecular weight is 277 g/mol. The number of rotatable bonds is 7. The first-order valence-electron chi connectivity index (χ1n) is 6.96. The van der Waals surface area contributed by atoms with Crippen LogP contribution >= 0.6 is 0 Å². The molecule has 1 aromatic carbocycles. The zero-order valence-corrected chi connectivity index (χ0v) is 12.3. The lowest BCUT2D eigenvalue weighted by Crippen LogP contribution is -2.41. The summed E-state index contributed by atoms with van der Waals surface area (Å²) in [6.45, 7) is 5.89. The molecule has 0 saturated heterocycles. The molecule has 1 atom stereocenters. The van der Waals surface area contributed by atoms with Crippen molar-refractivity contribution in [3.8, 4) is 0 Å². The van der Waals surface area contributed by atoms with Gasteiger partial charge in [-0.3, -0.25) is 4.79 Å². The molecule has 0 radical (unpaired) electrons. The van der Waals surface area contributed by atoms with Crippen LogP contribution in [0.4, 0.5) is 0 Å². The van der Waals surface area contributed by atoms with Gasteiger partial charge in [0.15, 0.2) is 0 Å². The molecule has 0 aliphatic heterocycles. The van der Waals surface area contributed by atoms with Gasteiger partial charge in [-0.15, -0.1) is 0 Å². The Morgan fingerprint density at radius 1 is 1.20 bits per heavy atom. The maximum absolute atomic E-state index is 11.8. The van der Waals surface area contributed by atoms with Gasteiger partial charge in [-0.1, -0.05) is 43.7 Å². The van der Waals surface area contributed by atoms with Crippen LogP contribution in [-0.2, 0) is 16.0 Å². The minimum atomic E-state index is -0.970. The summed E-state index contributed by atoms with van der Waals surface area (Å²) < 4.78 is 0. The molecule has 0 spiro atoms. The quantitative estimate of drug-likeness (QED) is 0.805. The van der Waals surface area contributed by atoms with Crippen molar-refractivity contribution in [1.82, 2.24) is 5.32 Å². The fourth-order valence-corrected chi connectivity index (χ4v) is 1.97. The molecular formula is C16H23NO3. The van der Waals surface area contributed by atoms with Crippen LogP contribution in [-0.4, -0.2) is 23.0 Å². The summed E-state index contributed by atoms with van der Waals surface area (Å²) in [4.78, 5) is 22.9. The maximum Gasteiger partial charge on any atom is 0.326 e. The Kier molecular flexibility index (Phi) is 6.22. The standard InChI is InChI=1S/C16H23NO3/c1-11(2)10-14(16(19)20)17-15(18)9-8-13-6-4-12(3)5-7-13/h4-7,11,14H,8-10H2,1-3H3,(H,17,18)(H,19,20)/t14-/m1/s1. The number of hydrogen-bond acceptors (Lipinski definition) is 2. The molecule has 110 valence electrons. The molecule has 1 rings (SSSR count). The maximum atomic E-state index is 11.8. The number of benzene rings is 1. The minimum absolute atomic E-state index is 0.210. The Morgan fingerprint density at radius 2 is 1.80 bits per heavy atom. The molecule has 0 aliphatic rings. The Hall–Kier alpha value is -1.84. The Bertz CT molecular complexity index is 451. The zero-order valence-electron chi connectivity index (χ0n) is 12.3. The van der Waals surface area contributed by atoms with E-state index in [1.54, 1.807) is 0 Å². The van der Waals surface area contributed by atoms with E-state index in [1.807, 2.05) is 45.0 Å². The number of carbonyl (C=O) groups is 2. The number of aryl methyl sites for hydroxylation is 2. The van der Waals surface area contributed by atoms with Crippen LogP contribution in [0.2, 0.25) is 0 Å². The van der Waals surface area contributed by atoms with Crippen molar-refractivity contribution in [1.29, 1.82) is 0 Å². The molecule has 2 N–H and O–H groups in total. The van der Waals surface area contributed by atoms with Crippen LogP contribution in [0.5, 0.6) is 0 Å². The monoisotopic (exact) mass is 277 g/mol. The summed E-state index contributed by atoms with van der Waals surface area (Å²) in [7, 11) is 0. The van der Waals surface area contributed by atoms with Crippen molar-refractivity contribution in [3.05, 3.63) is 35.4 Å². The minimum Gasteiger partial charge on any atom is -0.480 e. The molecule has 20 heavy (non-hydrogen) atoms. The van der Waals surface area contributed by atoms with Crippen molar-refractivity contribution < 1.29 is 14.7 Å². The number of amides is 1. The van der Waals surface area contributed by atoms with E-state index >= 15 is 0 Å². The highest BCUT2D eigenvalue weighted by molar-refractivity contribution is 5.83. The lowest BCUT2D eigenvalue weighted by molar-refractivity contribution is -0.142.